The van der Waals surface area contributed by atoms with E-state index in [1.807, 2.05) is 29.1 Å². The number of hydrogen-bond donors (Lipinski definition) is 1. The number of hydrogen-bond acceptors (Lipinski definition) is 4. The van der Waals surface area contributed by atoms with Crippen molar-refractivity contribution < 1.29 is 4.79 Å². The molecule has 1 fully saturated rings. The number of carbonyl (C=O) groups is 1. The van der Waals surface area contributed by atoms with Gasteiger partial charge in [-0.3, -0.25) is 4.79 Å². The molecule has 0 radical (unpaired) electrons. The number of nitrogens with one attached hydrogen (secondary N) is 1. The fourth-order valence-electron chi connectivity index (χ4n) is 2.20. The van der Waals surface area contributed by atoms with E-state index in [9.17, 15) is 4.79 Å². The van der Waals surface area contributed by atoms with Gasteiger partial charge >= 0.3 is 0 Å². The molecule has 1 aliphatic heterocycles. The van der Waals surface area contributed by atoms with Crippen LogP contribution in [-0.4, -0.2) is 24.0 Å². The van der Waals surface area contributed by atoms with Crippen molar-refractivity contribution in [2.45, 2.75) is 12.8 Å². The Morgan fingerprint density at radius 1 is 1.26 bits per heavy atom. The van der Waals surface area contributed by atoms with Gasteiger partial charge in [0.1, 0.15) is 5.82 Å². The van der Waals surface area contributed by atoms with Crippen LogP contribution in [0.2, 0.25) is 0 Å². The number of pyridine rings is 1. The van der Waals surface area contributed by atoms with Crippen molar-refractivity contribution in [3.63, 3.8) is 0 Å². The Balaban J connectivity index is 1.67. The van der Waals surface area contributed by atoms with Crippen LogP contribution in [0, 0.1) is 0 Å². The van der Waals surface area contributed by atoms with Gasteiger partial charge in [-0.1, -0.05) is 0 Å². The van der Waals surface area contributed by atoms with Gasteiger partial charge in [0, 0.05) is 18.5 Å². The number of rotatable bonds is 3. The molecule has 3 heterocycles. The van der Waals surface area contributed by atoms with Crippen molar-refractivity contribution in [3.8, 4) is 0 Å². The molecule has 0 aromatic carbocycles. The summed E-state index contributed by atoms with van der Waals surface area (Å²) in [6, 6.07) is 5.68. The Labute approximate surface area is 116 Å². The summed E-state index contributed by atoms with van der Waals surface area (Å²) in [5.41, 5.74) is 1.81. The first-order valence-electron chi connectivity index (χ1n) is 6.37. The average molecular weight is 273 g/mol. The fraction of sp³-hybridized carbons (Fsp3) is 0.286. The molecular weight excluding hydrogens is 258 g/mol. The summed E-state index contributed by atoms with van der Waals surface area (Å²) in [4.78, 5) is 18.5. The van der Waals surface area contributed by atoms with Crippen LogP contribution in [0.4, 0.5) is 11.5 Å². The molecule has 0 atom stereocenters. The van der Waals surface area contributed by atoms with E-state index < -0.39 is 0 Å². The lowest BCUT2D eigenvalue weighted by atomic mass is 10.3. The minimum Gasteiger partial charge on any atom is -0.370 e. The molecular formula is C14H15N3OS. The van der Waals surface area contributed by atoms with E-state index in [0.29, 0.717) is 11.4 Å². The van der Waals surface area contributed by atoms with E-state index in [4.69, 9.17) is 0 Å². The van der Waals surface area contributed by atoms with Gasteiger partial charge in [0.2, 0.25) is 0 Å². The number of nitrogens with zero attached hydrogens (tertiary/aromatic N) is 2. The van der Waals surface area contributed by atoms with Crippen molar-refractivity contribution in [3.05, 3.63) is 40.7 Å². The molecule has 1 amide bonds. The zero-order chi connectivity index (χ0) is 13.1. The molecule has 1 N–H and O–H groups in total. The van der Waals surface area contributed by atoms with Crippen LogP contribution < -0.4 is 10.2 Å². The van der Waals surface area contributed by atoms with E-state index in [1.165, 1.54) is 24.2 Å². The van der Waals surface area contributed by atoms with E-state index in [1.54, 1.807) is 6.07 Å². The van der Waals surface area contributed by atoms with Crippen LogP contribution in [-0.2, 0) is 0 Å². The highest BCUT2D eigenvalue weighted by Gasteiger charge is 2.13. The second kappa shape index (κ2) is 5.40. The number of amides is 1. The van der Waals surface area contributed by atoms with Crippen molar-refractivity contribution in [1.82, 2.24) is 4.98 Å². The van der Waals surface area contributed by atoms with Crippen molar-refractivity contribution in [2.75, 3.05) is 23.3 Å². The zero-order valence-electron chi connectivity index (χ0n) is 10.5. The Morgan fingerprint density at radius 2 is 2.11 bits per heavy atom. The summed E-state index contributed by atoms with van der Waals surface area (Å²) < 4.78 is 0. The maximum atomic E-state index is 11.9. The molecule has 0 unspecified atom stereocenters. The second-order valence-electron chi connectivity index (χ2n) is 4.56. The van der Waals surface area contributed by atoms with Crippen LogP contribution >= 0.6 is 11.3 Å². The molecule has 3 rings (SSSR count). The molecule has 1 saturated heterocycles. The Kier molecular flexibility index (Phi) is 3.46. The summed E-state index contributed by atoms with van der Waals surface area (Å²) in [5.74, 6) is 0.488. The molecule has 0 aliphatic carbocycles. The fourth-order valence-corrected chi connectivity index (χ4v) is 2.84. The van der Waals surface area contributed by atoms with Gasteiger partial charge in [0.25, 0.3) is 5.91 Å². The van der Waals surface area contributed by atoms with Gasteiger partial charge in [-0.25, -0.2) is 4.98 Å². The normalized spacial score (nSPS) is 14.6. The predicted molar refractivity (Wildman–Crippen MR) is 78.0 cm³/mol. The molecule has 98 valence electrons. The summed E-state index contributed by atoms with van der Waals surface area (Å²) in [6.45, 7) is 2.20. The first kappa shape index (κ1) is 12.2. The Hall–Kier alpha value is -1.88. The van der Waals surface area contributed by atoms with Gasteiger partial charge in [-0.2, -0.15) is 11.3 Å². The van der Waals surface area contributed by atoms with Crippen LogP contribution in [0.15, 0.2) is 35.2 Å². The third-order valence-electron chi connectivity index (χ3n) is 3.24. The van der Waals surface area contributed by atoms with Crippen molar-refractivity contribution in [2.24, 2.45) is 0 Å². The van der Waals surface area contributed by atoms with Crippen LogP contribution in [0.5, 0.6) is 0 Å². The molecule has 2 aromatic heterocycles. The first-order chi connectivity index (χ1) is 9.33. The van der Waals surface area contributed by atoms with E-state index in [2.05, 4.69) is 15.2 Å². The molecule has 0 spiro atoms. The van der Waals surface area contributed by atoms with E-state index >= 15 is 0 Å². The lowest BCUT2D eigenvalue weighted by molar-refractivity contribution is 0.102. The minimum atomic E-state index is -0.109. The number of aromatic nitrogens is 1. The largest absolute Gasteiger partial charge is 0.370 e. The summed E-state index contributed by atoms with van der Waals surface area (Å²) in [7, 11) is 0. The summed E-state index contributed by atoms with van der Waals surface area (Å²) in [6.07, 6.45) is 4.32. The zero-order valence-corrected chi connectivity index (χ0v) is 11.3. The molecule has 19 heavy (non-hydrogen) atoms. The third-order valence-corrected chi connectivity index (χ3v) is 3.93. The van der Waals surface area contributed by atoms with E-state index in [0.717, 1.165) is 18.8 Å². The second-order valence-corrected chi connectivity index (χ2v) is 5.34. The van der Waals surface area contributed by atoms with Crippen molar-refractivity contribution >= 4 is 28.7 Å². The highest BCUT2D eigenvalue weighted by Crippen LogP contribution is 2.20. The smallest absolute Gasteiger partial charge is 0.257 e. The van der Waals surface area contributed by atoms with Crippen LogP contribution in [0.1, 0.15) is 23.2 Å². The van der Waals surface area contributed by atoms with Crippen LogP contribution in [0.25, 0.3) is 0 Å². The highest BCUT2D eigenvalue weighted by molar-refractivity contribution is 7.08. The monoisotopic (exact) mass is 273 g/mol. The molecule has 0 saturated carbocycles. The standard InChI is InChI=1S/C14H15N3OS/c18-14(11-5-8-19-10-11)16-13-4-3-12(9-15-13)17-6-1-2-7-17/h3-5,8-10H,1-2,6-7H2,(H,15,16,18). The van der Waals surface area contributed by atoms with Gasteiger partial charge in [0.15, 0.2) is 0 Å². The quantitative estimate of drug-likeness (QED) is 0.935. The summed E-state index contributed by atoms with van der Waals surface area (Å²) in [5, 5.41) is 6.52. The number of thiophene rings is 1. The van der Waals surface area contributed by atoms with Gasteiger partial charge in [0.05, 0.1) is 17.4 Å². The average Bonchev–Trinajstić information content (AvgIpc) is 3.13. The number of carbonyl (C=O) groups excluding carboxylic acids is 1. The van der Waals surface area contributed by atoms with E-state index in [-0.39, 0.29) is 5.91 Å². The van der Waals surface area contributed by atoms with Gasteiger partial charge in [-0.15, -0.1) is 0 Å². The lowest BCUT2D eigenvalue weighted by Gasteiger charge is -2.17. The Bertz CT molecular complexity index is 545. The lowest BCUT2D eigenvalue weighted by Crippen LogP contribution is -2.18. The third kappa shape index (κ3) is 2.76. The highest BCUT2D eigenvalue weighted by atomic mass is 32.1. The molecule has 4 nitrogen and oxygen atoms in total. The molecule has 2 aromatic rings. The first-order valence-corrected chi connectivity index (χ1v) is 7.32. The molecule has 0 bridgehead atoms. The molecule has 5 heteroatoms. The Morgan fingerprint density at radius 3 is 2.74 bits per heavy atom. The predicted octanol–water partition coefficient (Wildman–Crippen LogP) is 3.00. The topological polar surface area (TPSA) is 45.2 Å². The van der Waals surface area contributed by atoms with Crippen molar-refractivity contribution in [1.29, 1.82) is 0 Å². The maximum absolute atomic E-state index is 11.9. The maximum Gasteiger partial charge on any atom is 0.257 e. The van der Waals surface area contributed by atoms with Gasteiger partial charge in [-0.05, 0) is 36.4 Å². The van der Waals surface area contributed by atoms with Crippen LogP contribution in [0.3, 0.4) is 0 Å². The van der Waals surface area contributed by atoms with Gasteiger partial charge < -0.3 is 10.2 Å². The molecule has 1 aliphatic rings. The number of anilines is 2. The minimum absolute atomic E-state index is 0.109. The SMILES string of the molecule is O=C(Nc1ccc(N2CCCC2)cn1)c1ccsc1. The summed E-state index contributed by atoms with van der Waals surface area (Å²) >= 11 is 1.51.